The average molecular weight is 291 g/mol. The second-order valence-electron chi connectivity index (χ2n) is 5.69. The number of carbonyl (C=O) groups excluding carboxylic acids is 1. The predicted molar refractivity (Wildman–Crippen MR) is 83.3 cm³/mol. The van der Waals surface area contributed by atoms with Crippen molar-refractivity contribution in [3.05, 3.63) is 28.7 Å². The standard InChI is InChI=1S/C17H25NO3/c1-12-16(17(19)20-3)10-15(21-12)9-14(11-18-2)13-7-5-4-6-8-13/h9-10,13,18H,4-8,11H2,1-3H3. The van der Waals surface area contributed by atoms with E-state index in [1.807, 2.05) is 7.05 Å². The third kappa shape index (κ3) is 3.97. The molecular formula is C17H25NO3. The van der Waals surface area contributed by atoms with Crippen LogP contribution < -0.4 is 5.32 Å². The van der Waals surface area contributed by atoms with E-state index in [4.69, 9.17) is 9.15 Å². The van der Waals surface area contributed by atoms with E-state index >= 15 is 0 Å². The van der Waals surface area contributed by atoms with E-state index < -0.39 is 0 Å². The van der Waals surface area contributed by atoms with Crippen molar-refractivity contribution < 1.29 is 13.9 Å². The van der Waals surface area contributed by atoms with Gasteiger partial charge >= 0.3 is 5.97 Å². The normalized spacial score (nSPS) is 17.0. The number of aryl methyl sites for hydroxylation is 1. The summed E-state index contributed by atoms with van der Waals surface area (Å²) in [4.78, 5) is 11.6. The molecule has 1 N–H and O–H groups in total. The SMILES string of the molecule is CNCC(=Cc1cc(C(=O)OC)c(C)o1)C1CCCCC1. The molecule has 21 heavy (non-hydrogen) atoms. The van der Waals surface area contributed by atoms with Gasteiger partial charge in [0.1, 0.15) is 17.1 Å². The van der Waals surface area contributed by atoms with Crippen molar-refractivity contribution in [3.63, 3.8) is 0 Å². The van der Waals surface area contributed by atoms with Crippen LogP contribution >= 0.6 is 0 Å². The van der Waals surface area contributed by atoms with Crippen LogP contribution in [-0.4, -0.2) is 26.7 Å². The molecule has 0 unspecified atom stereocenters. The average Bonchev–Trinajstić information content (AvgIpc) is 2.87. The van der Waals surface area contributed by atoms with Gasteiger partial charge in [-0.15, -0.1) is 0 Å². The zero-order valence-corrected chi connectivity index (χ0v) is 13.2. The Morgan fingerprint density at radius 2 is 2.14 bits per heavy atom. The first kappa shape index (κ1) is 15.8. The number of nitrogens with one attached hydrogen (secondary N) is 1. The smallest absolute Gasteiger partial charge is 0.341 e. The first-order valence-corrected chi connectivity index (χ1v) is 7.69. The molecule has 0 bridgehead atoms. The number of esters is 1. The molecule has 1 aliphatic rings. The number of hydrogen-bond donors (Lipinski definition) is 1. The van der Waals surface area contributed by atoms with Gasteiger partial charge in [-0.1, -0.05) is 19.3 Å². The number of rotatable bonds is 5. The third-order valence-electron chi connectivity index (χ3n) is 4.18. The number of ether oxygens (including phenoxy) is 1. The van der Waals surface area contributed by atoms with Crippen LogP contribution in [0.25, 0.3) is 6.08 Å². The molecule has 1 aromatic rings. The summed E-state index contributed by atoms with van der Waals surface area (Å²) in [6.45, 7) is 2.65. The molecule has 1 aliphatic carbocycles. The van der Waals surface area contributed by atoms with E-state index in [9.17, 15) is 4.79 Å². The maximum Gasteiger partial charge on any atom is 0.341 e. The van der Waals surface area contributed by atoms with Gasteiger partial charge in [0.25, 0.3) is 0 Å². The van der Waals surface area contributed by atoms with E-state index in [1.54, 1.807) is 13.0 Å². The molecule has 116 valence electrons. The topological polar surface area (TPSA) is 51.5 Å². The molecule has 1 fully saturated rings. The van der Waals surface area contributed by atoms with Gasteiger partial charge < -0.3 is 14.5 Å². The zero-order valence-electron chi connectivity index (χ0n) is 13.2. The lowest BCUT2D eigenvalue weighted by Crippen LogP contribution is -2.19. The van der Waals surface area contributed by atoms with Crippen LogP contribution in [0, 0.1) is 12.8 Å². The van der Waals surface area contributed by atoms with Crippen LogP contribution in [0.1, 0.15) is 54.0 Å². The molecule has 0 aliphatic heterocycles. The largest absolute Gasteiger partial charge is 0.465 e. The van der Waals surface area contributed by atoms with Gasteiger partial charge in [-0.2, -0.15) is 0 Å². The van der Waals surface area contributed by atoms with Gasteiger partial charge in [0.05, 0.1) is 7.11 Å². The Labute approximate surface area is 126 Å². The maximum atomic E-state index is 11.6. The number of hydrogen-bond acceptors (Lipinski definition) is 4. The van der Waals surface area contributed by atoms with E-state index in [1.165, 1.54) is 44.8 Å². The Bertz CT molecular complexity index is 510. The molecule has 0 saturated heterocycles. The van der Waals surface area contributed by atoms with E-state index in [-0.39, 0.29) is 5.97 Å². The Balaban J connectivity index is 2.22. The minimum atomic E-state index is -0.344. The zero-order chi connectivity index (χ0) is 15.2. The van der Waals surface area contributed by atoms with Crippen molar-refractivity contribution in [1.82, 2.24) is 5.32 Å². The van der Waals surface area contributed by atoms with Crippen LogP contribution in [0.15, 0.2) is 16.1 Å². The summed E-state index contributed by atoms with van der Waals surface area (Å²) in [6, 6.07) is 1.78. The van der Waals surface area contributed by atoms with Gasteiger partial charge in [-0.05, 0) is 50.4 Å². The Morgan fingerprint density at radius 1 is 1.43 bits per heavy atom. The van der Waals surface area contributed by atoms with Crippen molar-refractivity contribution in [2.75, 3.05) is 20.7 Å². The molecule has 0 spiro atoms. The van der Waals surface area contributed by atoms with E-state index in [0.717, 1.165) is 12.3 Å². The summed E-state index contributed by atoms with van der Waals surface area (Å²) in [5.41, 5.74) is 1.87. The van der Waals surface area contributed by atoms with Crippen LogP contribution in [-0.2, 0) is 4.74 Å². The van der Waals surface area contributed by atoms with Gasteiger partial charge in [0, 0.05) is 6.54 Å². The molecule has 0 aromatic carbocycles. The van der Waals surface area contributed by atoms with Gasteiger partial charge in [-0.3, -0.25) is 0 Å². The van der Waals surface area contributed by atoms with E-state index in [2.05, 4.69) is 11.4 Å². The molecule has 4 heteroatoms. The van der Waals surface area contributed by atoms with E-state index in [0.29, 0.717) is 17.2 Å². The van der Waals surface area contributed by atoms with Crippen LogP contribution in [0.4, 0.5) is 0 Å². The molecule has 0 amide bonds. The lowest BCUT2D eigenvalue weighted by atomic mass is 9.83. The highest BCUT2D eigenvalue weighted by Crippen LogP contribution is 2.31. The summed E-state index contributed by atoms with van der Waals surface area (Å²) < 4.78 is 10.5. The number of furan rings is 1. The van der Waals surface area contributed by atoms with Crippen molar-refractivity contribution in [1.29, 1.82) is 0 Å². The van der Waals surface area contributed by atoms with Crippen molar-refractivity contribution in [3.8, 4) is 0 Å². The summed E-state index contributed by atoms with van der Waals surface area (Å²) in [5, 5.41) is 3.24. The second-order valence-corrected chi connectivity index (χ2v) is 5.69. The second kappa shape index (κ2) is 7.46. The Morgan fingerprint density at radius 3 is 2.76 bits per heavy atom. The first-order chi connectivity index (χ1) is 10.2. The highest BCUT2D eigenvalue weighted by Gasteiger charge is 2.19. The van der Waals surface area contributed by atoms with Gasteiger partial charge in [0.15, 0.2) is 0 Å². The lowest BCUT2D eigenvalue weighted by molar-refractivity contribution is 0.0599. The number of likely N-dealkylation sites (N-methyl/N-ethyl adjacent to an activating group) is 1. The lowest BCUT2D eigenvalue weighted by Gasteiger charge is -2.24. The van der Waals surface area contributed by atoms with Crippen molar-refractivity contribution >= 4 is 12.0 Å². The number of carbonyl (C=O) groups is 1. The molecule has 1 saturated carbocycles. The minimum Gasteiger partial charge on any atom is -0.465 e. The summed E-state index contributed by atoms with van der Waals surface area (Å²) in [7, 11) is 3.35. The fourth-order valence-electron chi connectivity index (χ4n) is 3.06. The Hall–Kier alpha value is -1.55. The molecule has 1 heterocycles. The molecule has 0 atom stereocenters. The fourth-order valence-corrected chi connectivity index (χ4v) is 3.06. The molecule has 1 aromatic heterocycles. The Kier molecular flexibility index (Phi) is 5.62. The number of methoxy groups -OCH3 is 1. The molecule has 0 radical (unpaired) electrons. The van der Waals surface area contributed by atoms with Crippen LogP contribution in [0.2, 0.25) is 0 Å². The molecule has 2 rings (SSSR count). The van der Waals surface area contributed by atoms with Crippen molar-refractivity contribution in [2.45, 2.75) is 39.0 Å². The fraction of sp³-hybridized carbons (Fsp3) is 0.588. The van der Waals surface area contributed by atoms with Gasteiger partial charge in [-0.25, -0.2) is 4.79 Å². The third-order valence-corrected chi connectivity index (χ3v) is 4.18. The summed E-state index contributed by atoms with van der Waals surface area (Å²) in [5.74, 6) is 1.63. The molecular weight excluding hydrogens is 266 g/mol. The highest BCUT2D eigenvalue weighted by molar-refractivity contribution is 5.91. The highest BCUT2D eigenvalue weighted by atomic mass is 16.5. The monoisotopic (exact) mass is 291 g/mol. The molecule has 4 nitrogen and oxygen atoms in total. The summed E-state index contributed by atoms with van der Waals surface area (Å²) >= 11 is 0. The first-order valence-electron chi connectivity index (χ1n) is 7.69. The predicted octanol–water partition coefficient (Wildman–Crippen LogP) is 3.56. The quantitative estimate of drug-likeness (QED) is 0.843. The summed E-state index contributed by atoms with van der Waals surface area (Å²) in [6.07, 6.45) is 8.53. The van der Waals surface area contributed by atoms with Gasteiger partial charge in [0.2, 0.25) is 0 Å². The van der Waals surface area contributed by atoms with Crippen LogP contribution in [0.5, 0.6) is 0 Å². The van der Waals surface area contributed by atoms with Crippen LogP contribution in [0.3, 0.4) is 0 Å². The maximum absolute atomic E-state index is 11.6. The van der Waals surface area contributed by atoms with Crippen molar-refractivity contribution in [2.24, 2.45) is 5.92 Å². The minimum absolute atomic E-state index is 0.344.